The van der Waals surface area contributed by atoms with Crippen LogP contribution in [0.2, 0.25) is 0 Å². The molecule has 0 saturated carbocycles. The van der Waals surface area contributed by atoms with E-state index in [4.69, 9.17) is 14.6 Å². The van der Waals surface area contributed by atoms with E-state index in [1.165, 1.54) is 12.1 Å². The number of ether oxygens (including phenoxy) is 2. The first-order valence-electron chi connectivity index (χ1n) is 8.37. The van der Waals surface area contributed by atoms with Crippen molar-refractivity contribution in [3.8, 4) is 11.5 Å². The standard InChI is InChI=1S/C19H22O8/c1-2-12-13(14(17(23)9-20)10-27-19(12)25)8-18(24)26-6-5-11-3-4-15(21)16(22)7-11/h2-4,7,10,13,19-22,25H,5-6,8-9H2,1H3/b12-2-/t13-,19?/m0/s1. The van der Waals surface area contributed by atoms with E-state index in [2.05, 4.69) is 0 Å². The highest BCUT2D eigenvalue weighted by Gasteiger charge is 2.34. The number of esters is 1. The fourth-order valence-corrected chi connectivity index (χ4v) is 2.81. The summed E-state index contributed by atoms with van der Waals surface area (Å²) < 4.78 is 10.2. The number of aliphatic hydroxyl groups is 2. The maximum absolute atomic E-state index is 12.2. The fourth-order valence-electron chi connectivity index (χ4n) is 2.81. The van der Waals surface area contributed by atoms with Crippen molar-refractivity contribution in [2.75, 3.05) is 13.2 Å². The van der Waals surface area contributed by atoms with Crippen molar-refractivity contribution in [3.63, 3.8) is 0 Å². The molecule has 8 nitrogen and oxygen atoms in total. The molecule has 2 atom stereocenters. The fraction of sp³-hybridized carbons (Fsp3) is 0.368. The molecule has 1 aliphatic heterocycles. The lowest BCUT2D eigenvalue weighted by atomic mass is 9.84. The first-order valence-corrected chi connectivity index (χ1v) is 8.37. The van der Waals surface area contributed by atoms with Gasteiger partial charge in [-0.05, 0) is 24.6 Å². The minimum Gasteiger partial charge on any atom is -0.504 e. The zero-order valence-corrected chi connectivity index (χ0v) is 14.8. The molecular weight excluding hydrogens is 356 g/mol. The Morgan fingerprint density at radius 2 is 2.00 bits per heavy atom. The topological polar surface area (TPSA) is 134 Å². The van der Waals surface area contributed by atoms with E-state index in [-0.39, 0.29) is 30.1 Å². The second kappa shape index (κ2) is 9.20. The number of aliphatic hydroxyl groups excluding tert-OH is 2. The average molecular weight is 378 g/mol. The van der Waals surface area contributed by atoms with Crippen molar-refractivity contribution in [1.82, 2.24) is 0 Å². The third-order valence-electron chi connectivity index (χ3n) is 4.25. The number of allylic oxidation sites excluding steroid dienone is 1. The van der Waals surface area contributed by atoms with Gasteiger partial charge in [-0.25, -0.2) is 0 Å². The van der Waals surface area contributed by atoms with E-state index in [0.29, 0.717) is 17.6 Å². The number of aromatic hydroxyl groups is 2. The second-order valence-corrected chi connectivity index (χ2v) is 5.98. The third-order valence-corrected chi connectivity index (χ3v) is 4.25. The summed E-state index contributed by atoms with van der Waals surface area (Å²) in [6, 6.07) is 4.30. The highest BCUT2D eigenvalue weighted by atomic mass is 16.6. The van der Waals surface area contributed by atoms with Crippen LogP contribution in [0.3, 0.4) is 0 Å². The van der Waals surface area contributed by atoms with Crippen LogP contribution < -0.4 is 0 Å². The molecule has 0 saturated heterocycles. The van der Waals surface area contributed by atoms with Crippen LogP contribution in [-0.4, -0.2) is 51.7 Å². The summed E-state index contributed by atoms with van der Waals surface area (Å²) in [5, 5.41) is 37.7. The Labute approximate surface area is 156 Å². The van der Waals surface area contributed by atoms with Crippen LogP contribution >= 0.6 is 0 Å². The Kier molecular flexibility index (Phi) is 6.98. The smallest absolute Gasteiger partial charge is 0.306 e. The summed E-state index contributed by atoms with van der Waals surface area (Å²) in [5.74, 6) is -2.43. The van der Waals surface area contributed by atoms with Gasteiger partial charge in [0.15, 0.2) is 17.3 Å². The van der Waals surface area contributed by atoms with Gasteiger partial charge in [0.2, 0.25) is 6.29 Å². The first kappa shape index (κ1) is 20.5. The van der Waals surface area contributed by atoms with Crippen molar-refractivity contribution in [3.05, 3.63) is 47.2 Å². The molecule has 0 amide bonds. The summed E-state index contributed by atoms with van der Waals surface area (Å²) in [5.41, 5.74) is 1.11. The van der Waals surface area contributed by atoms with Gasteiger partial charge in [-0.15, -0.1) is 0 Å². The molecule has 0 spiro atoms. The maximum Gasteiger partial charge on any atom is 0.306 e. The van der Waals surface area contributed by atoms with Crippen molar-refractivity contribution in [2.24, 2.45) is 5.92 Å². The van der Waals surface area contributed by atoms with Crippen LogP contribution in [-0.2, 0) is 25.5 Å². The number of rotatable bonds is 7. The van der Waals surface area contributed by atoms with Gasteiger partial charge < -0.3 is 29.9 Å². The molecule has 0 aliphatic carbocycles. The lowest BCUT2D eigenvalue weighted by Gasteiger charge is -2.29. The highest BCUT2D eigenvalue weighted by Crippen LogP contribution is 2.32. The van der Waals surface area contributed by atoms with Crippen molar-refractivity contribution in [1.29, 1.82) is 0 Å². The molecular formula is C19H22O8. The van der Waals surface area contributed by atoms with E-state index in [9.17, 15) is 24.9 Å². The van der Waals surface area contributed by atoms with Gasteiger partial charge in [0, 0.05) is 23.5 Å². The van der Waals surface area contributed by atoms with Crippen LogP contribution in [0.1, 0.15) is 18.9 Å². The van der Waals surface area contributed by atoms with E-state index < -0.39 is 30.6 Å². The molecule has 1 heterocycles. The van der Waals surface area contributed by atoms with Gasteiger partial charge >= 0.3 is 5.97 Å². The predicted molar refractivity (Wildman–Crippen MR) is 93.6 cm³/mol. The Morgan fingerprint density at radius 3 is 2.63 bits per heavy atom. The highest BCUT2D eigenvalue weighted by molar-refractivity contribution is 5.97. The van der Waals surface area contributed by atoms with Crippen LogP contribution in [0.15, 0.2) is 41.7 Å². The normalized spacial score (nSPS) is 20.7. The van der Waals surface area contributed by atoms with Crippen LogP contribution in [0.25, 0.3) is 0 Å². The molecule has 0 radical (unpaired) electrons. The number of carbonyl (C=O) groups excluding carboxylic acids is 2. The quantitative estimate of drug-likeness (QED) is 0.313. The van der Waals surface area contributed by atoms with Gasteiger partial charge in [0.1, 0.15) is 6.61 Å². The van der Waals surface area contributed by atoms with Crippen LogP contribution in [0.4, 0.5) is 0 Å². The largest absolute Gasteiger partial charge is 0.504 e. The van der Waals surface area contributed by atoms with Gasteiger partial charge in [0.05, 0.1) is 19.3 Å². The monoisotopic (exact) mass is 378 g/mol. The van der Waals surface area contributed by atoms with Crippen molar-refractivity contribution in [2.45, 2.75) is 26.1 Å². The first-order chi connectivity index (χ1) is 12.9. The third kappa shape index (κ3) is 5.08. The Morgan fingerprint density at radius 1 is 1.26 bits per heavy atom. The second-order valence-electron chi connectivity index (χ2n) is 5.98. The Bertz CT molecular complexity index is 765. The van der Waals surface area contributed by atoms with Gasteiger partial charge in [-0.1, -0.05) is 12.1 Å². The molecule has 0 fully saturated rings. The predicted octanol–water partition coefficient (Wildman–Crippen LogP) is 0.930. The number of carbonyl (C=O) groups is 2. The molecule has 1 aromatic rings. The molecule has 1 aromatic carbocycles. The van der Waals surface area contributed by atoms with Gasteiger partial charge in [-0.3, -0.25) is 9.59 Å². The lowest BCUT2D eigenvalue weighted by molar-refractivity contribution is -0.144. The van der Waals surface area contributed by atoms with Crippen LogP contribution in [0.5, 0.6) is 11.5 Å². The number of benzene rings is 1. The van der Waals surface area contributed by atoms with E-state index in [1.807, 2.05) is 0 Å². The molecule has 0 bridgehead atoms. The number of Topliss-reactive ketones (excluding diaryl/α,β-unsaturated/α-hetero) is 1. The number of ketones is 1. The number of hydrogen-bond donors (Lipinski definition) is 4. The van der Waals surface area contributed by atoms with E-state index >= 15 is 0 Å². The summed E-state index contributed by atoms with van der Waals surface area (Å²) in [6.07, 6.45) is 1.47. The summed E-state index contributed by atoms with van der Waals surface area (Å²) in [7, 11) is 0. The van der Waals surface area contributed by atoms with Gasteiger partial charge in [0.25, 0.3) is 0 Å². The minimum atomic E-state index is -1.27. The Hall–Kier alpha value is -2.84. The van der Waals surface area contributed by atoms with Crippen molar-refractivity contribution < 1.29 is 39.5 Å². The van der Waals surface area contributed by atoms with E-state index in [1.54, 1.807) is 19.1 Å². The number of hydrogen-bond acceptors (Lipinski definition) is 8. The molecule has 8 heteroatoms. The summed E-state index contributed by atoms with van der Waals surface area (Å²) >= 11 is 0. The molecule has 146 valence electrons. The van der Waals surface area contributed by atoms with Crippen molar-refractivity contribution >= 4 is 11.8 Å². The molecule has 2 rings (SSSR count). The summed E-state index contributed by atoms with van der Waals surface area (Å²) in [6.45, 7) is 0.940. The zero-order chi connectivity index (χ0) is 20.0. The molecule has 27 heavy (non-hydrogen) atoms. The minimum absolute atomic E-state index is 0.0347. The zero-order valence-electron chi connectivity index (χ0n) is 14.8. The molecule has 4 N–H and O–H groups in total. The summed E-state index contributed by atoms with van der Waals surface area (Å²) in [4.78, 5) is 24.1. The SMILES string of the molecule is C/C=C1\C(O)OC=C(C(=O)CO)[C@H]1CC(=O)OCCc1ccc(O)c(O)c1. The van der Waals surface area contributed by atoms with E-state index in [0.717, 1.165) is 6.26 Å². The molecule has 0 aromatic heterocycles. The average Bonchev–Trinajstić information content (AvgIpc) is 2.64. The number of phenolic OH excluding ortho intramolecular Hbond substituents is 2. The maximum atomic E-state index is 12.2. The Balaban J connectivity index is 1.99. The molecule has 1 unspecified atom stereocenters. The number of phenols is 2. The lowest BCUT2D eigenvalue weighted by Crippen LogP contribution is -2.31. The molecule has 1 aliphatic rings. The van der Waals surface area contributed by atoms with Crippen LogP contribution in [0, 0.1) is 5.92 Å². The van der Waals surface area contributed by atoms with Gasteiger partial charge in [-0.2, -0.15) is 0 Å².